The maximum Gasteiger partial charge on any atom is 0.338 e. The minimum absolute atomic E-state index is 0.409. The maximum absolute atomic E-state index is 11.9. The first-order valence-electron chi connectivity index (χ1n) is 6.44. The van der Waals surface area contributed by atoms with Crippen LogP contribution in [0, 0.1) is 6.92 Å². The van der Waals surface area contributed by atoms with Crippen LogP contribution in [0.2, 0.25) is 0 Å². The first-order chi connectivity index (χ1) is 10.1. The number of hydrogen-bond donors (Lipinski definition) is 0. The van der Waals surface area contributed by atoms with Crippen LogP contribution in [0.15, 0.2) is 42.5 Å². The topological polar surface area (TPSA) is 52.6 Å². The Morgan fingerprint density at radius 2 is 1.62 bits per heavy atom. The van der Waals surface area contributed by atoms with E-state index in [2.05, 4.69) is 0 Å². The van der Waals surface area contributed by atoms with Crippen LogP contribution in [0.3, 0.4) is 0 Å². The van der Waals surface area contributed by atoms with Crippen LogP contribution in [0.1, 0.15) is 26.3 Å². The van der Waals surface area contributed by atoms with Gasteiger partial charge in [0.05, 0.1) is 25.3 Å². The third-order valence-corrected chi connectivity index (χ3v) is 3.18. The van der Waals surface area contributed by atoms with Crippen molar-refractivity contribution in [3.05, 3.63) is 59.2 Å². The number of methoxy groups -OCH3 is 2. The van der Waals surface area contributed by atoms with Gasteiger partial charge in [0.15, 0.2) is 0 Å². The van der Waals surface area contributed by atoms with Crippen molar-refractivity contribution in [2.45, 2.75) is 6.92 Å². The Bertz CT molecular complexity index is 689. The van der Waals surface area contributed by atoms with Gasteiger partial charge >= 0.3 is 11.9 Å². The van der Waals surface area contributed by atoms with Crippen LogP contribution in [-0.4, -0.2) is 26.2 Å². The van der Waals surface area contributed by atoms with E-state index >= 15 is 0 Å². The molecular weight excluding hydrogens is 268 g/mol. The molecule has 0 spiro atoms. The molecule has 0 saturated carbocycles. The molecule has 0 heterocycles. The summed E-state index contributed by atoms with van der Waals surface area (Å²) in [6, 6.07) is 12.4. The second-order valence-corrected chi connectivity index (χ2v) is 4.61. The summed E-state index contributed by atoms with van der Waals surface area (Å²) in [5, 5.41) is 0. The predicted octanol–water partition coefficient (Wildman–Crippen LogP) is 3.24. The average Bonchev–Trinajstić information content (AvgIpc) is 2.53. The van der Waals surface area contributed by atoms with Crippen LogP contribution in [0.5, 0.6) is 0 Å². The molecule has 108 valence electrons. The molecule has 0 aliphatic rings. The predicted molar refractivity (Wildman–Crippen MR) is 79.3 cm³/mol. The standard InChI is InChI=1S/C17H16O4/c1-11-7-8-14(17(19)21-3)15(9-11)12-5-4-6-13(10-12)16(18)20-2/h4-10H,1-3H3. The molecule has 0 unspecified atom stereocenters. The number of benzene rings is 2. The van der Waals surface area contributed by atoms with Gasteiger partial charge in [0.1, 0.15) is 0 Å². The number of hydrogen-bond acceptors (Lipinski definition) is 4. The Balaban J connectivity index is 2.58. The molecule has 4 heteroatoms. The van der Waals surface area contributed by atoms with Gasteiger partial charge < -0.3 is 9.47 Å². The highest BCUT2D eigenvalue weighted by molar-refractivity contribution is 5.98. The lowest BCUT2D eigenvalue weighted by Crippen LogP contribution is -2.05. The normalized spacial score (nSPS) is 10.0. The van der Waals surface area contributed by atoms with Gasteiger partial charge in [-0.2, -0.15) is 0 Å². The molecule has 0 saturated heterocycles. The second kappa shape index (κ2) is 6.22. The summed E-state index contributed by atoms with van der Waals surface area (Å²) in [5.41, 5.74) is 3.41. The van der Waals surface area contributed by atoms with Gasteiger partial charge in [0.2, 0.25) is 0 Å². The van der Waals surface area contributed by atoms with Crippen LogP contribution < -0.4 is 0 Å². The molecular formula is C17H16O4. The van der Waals surface area contributed by atoms with E-state index in [4.69, 9.17) is 9.47 Å². The van der Waals surface area contributed by atoms with Gasteiger partial charge in [-0.1, -0.05) is 29.8 Å². The monoisotopic (exact) mass is 284 g/mol. The van der Waals surface area contributed by atoms with E-state index in [1.165, 1.54) is 14.2 Å². The largest absolute Gasteiger partial charge is 0.465 e. The van der Waals surface area contributed by atoms with Gasteiger partial charge in [-0.05, 0) is 36.2 Å². The van der Waals surface area contributed by atoms with Crippen molar-refractivity contribution >= 4 is 11.9 Å². The molecule has 0 aliphatic heterocycles. The number of carbonyl (C=O) groups excluding carboxylic acids is 2. The Morgan fingerprint density at radius 1 is 0.905 bits per heavy atom. The Morgan fingerprint density at radius 3 is 2.29 bits per heavy atom. The van der Waals surface area contributed by atoms with Crippen molar-refractivity contribution in [3.63, 3.8) is 0 Å². The Labute approximate surface area is 123 Å². The quantitative estimate of drug-likeness (QED) is 0.812. The van der Waals surface area contributed by atoms with Crippen LogP contribution in [0.4, 0.5) is 0 Å². The molecule has 0 aliphatic carbocycles. The van der Waals surface area contributed by atoms with Crippen molar-refractivity contribution in [1.82, 2.24) is 0 Å². The fourth-order valence-electron chi connectivity index (χ4n) is 2.12. The van der Waals surface area contributed by atoms with E-state index < -0.39 is 11.9 Å². The van der Waals surface area contributed by atoms with Crippen molar-refractivity contribution in [3.8, 4) is 11.1 Å². The van der Waals surface area contributed by atoms with Gasteiger partial charge in [-0.15, -0.1) is 0 Å². The maximum atomic E-state index is 11.9. The summed E-state index contributed by atoms with van der Waals surface area (Å²) in [7, 11) is 2.68. The zero-order valence-electron chi connectivity index (χ0n) is 12.2. The lowest BCUT2D eigenvalue weighted by molar-refractivity contribution is 0.0593. The third kappa shape index (κ3) is 3.11. The number of esters is 2. The molecule has 0 aromatic heterocycles. The lowest BCUT2D eigenvalue weighted by atomic mass is 9.96. The van der Waals surface area contributed by atoms with Crippen molar-refractivity contribution in [1.29, 1.82) is 0 Å². The van der Waals surface area contributed by atoms with Gasteiger partial charge in [0.25, 0.3) is 0 Å². The summed E-state index contributed by atoms with van der Waals surface area (Å²) < 4.78 is 9.53. The van der Waals surface area contributed by atoms with Gasteiger partial charge in [-0.25, -0.2) is 9.59 Å². The summed E-state index contributed by atoms with van der Waals surface area (Å²) in [6.45, 7) is 1.94. The molecule has 0 radical (unpaired) electrons. The molecule has 0 atom stereocenters. The van der Waals surface area contributed by atoms with Crippen LogP contribution >= 0.6 is 0 Å². The Hall–Kier alpha value is -2.62. The fraction of sp³-hybridized carbons (Fsp3) is 0.176. The molecule has 0 fully saturated rings. The molecule has 4 nitrogen and oxygen atoms in total. The number of aryl methyl sites for hydroxylation is 1. The smallest absolute Gasteiger partial charge is 0.338 e. The molecule has 0 bridgehead atoms. The average molecular weight is 284 g/mol. The summed E-state index contributed by atoms with van der Waals surface area (Å²) in [5.74, 6) is -0.822. The SMILES string of the molecule is COC(=O)c1cccc(-c2cc(C)ccc2C(=O)OC)c1. The first-order valence-corrected chi connectivity index (χ1v) is 6.44. The van der Waals surface area contributed by atoms with E-state index in [0.29, 0.717) is 11.1 Å². The van der Waals surface area contributed by atoms with Crippen molar-refractivity contribution in [2.75, 3.05) is 14.2 Å². The summed E-state index contributed by atoms with van der Waals surface area (Å²) in [6.07, 6.45) is 0. The van der Waals surface area contributed by atoms with E-state index in [9.17, 15) is 9.59 Å². The molecule has 2 rings (SSSR count). The molecule has 2 aromatic carbocycles. The highest BCUT2D eigenvalue weighted by atomic mass is 16.5. The van der Waals surface area contributed by atoms with E-state index in [0.717, 1.165) is 16.7 Å². The molecule has 0 amide bonds. The third-order valence-electron chi connectivity index (χ3n) is 3.18. The van der Waals surface area contributed by atoms with Crippen molar-refractivity contribution < 1.29 is 19.1 Å². The van der Waals surface area contributed by atoms with E-state index in [1.807, 2.05) is 25.1 Å². The lowest BCUT2D eigenvalue weighted by Gasteiger charge is -2.10. The van der Waals surface area contributed by atoms with Crippen LogP contribution in [-0.2, 0) is 9.47 Å². The minimum Gasteiger partial charge on any atom is -0.465 e. The Kier molecular flexibility index (Phi) is 4.38. The molecule has 21 heavy (non-hydrogen) atoms. The number of ether oxygens (including phenoxy) is 2. The molecule has 0 N–H and O–H groups in total. The second-order valence-electron chi connectivity index (χ2n) is 4.61. The fourth-order valence-corrected chi connectivity index (χ4v) is 2.12. The number of carbonyl (C=O) groups is 2. The minimum atomic E-state index is -0.413. The van der Waals surface area contributed by atoms with Gasteiger partial charge in [-0.3, -0.25) is 0 Å². The van der Waals surface area contributed by atoms with E-state index in [1.54, 1.807) is 24.3 Å². The van der Waals surface area contributed by atoms with Crippen LogP contribution in [0.25, 0.3) is 11.1 Å². The van der Waals surface area contributed by atoms with Crippen molar-refractivity contribution in [2.24, 2.45) is 0 Å². The number of rotatable bonds is 3. The van der Waals surface area contributed by atoms with Gasteiger partial charge in [0, 0.05) is 0 Å². The van der Waals surface area contributed by atoms with E-state index in [-0.39, 0.29) is 0 Å². The highest BCUT2D eigenvalue weighted by Crippen LogP contribution is 2.26. The zero-order chi connectivity index (χ0) is 15.4. The molecule has 2 aromatic rings. The summed E-state index contributed by atoms with van der Waals surface area (Å²) >= 11 is 0. The first kappa shape index (κ1) is 14.8. The zero-order valence-corrected chi connectivity index (χ0v) is 12.2. The summed E-state index contributed by atoms with van der Waals surface area (Å²) in [4.78, 5) is 23.5. The highest BCUT2D eigenvalue weighted by Gasteiger charge is 2.15.